The second-order valence-electron chi connectivity index (χ2n) is 10.2. The van der Waals surface area contributed by atoms with Gasteiger partial charge in [0.05, 0.1) is 0 Å². The molecule has 2 atom stereocenters. The molecular formula is C22H42N4O. The molecule has 5 nitrogen and oxygen atoms in total. The Morgan fingerprint density at radius 3 is 1.74 bits per heavy atom. The van der Waals surface area contributed by atoms with E-state index >= 15 is 0 Å². The summed E-state index contributed by atoms with van der Waals surface area (Å²) in [7, 11) is 0. The molecule has 2 heterocycles. The zero-order valence-corrected chi connectivity index (χ0v) is 17.9. The fraction of sp³-hybridized carbons (Fsp3) is 0.955. The standard InChI is InChI=1S/C12H22N2O.C10H20N2/c1-10(15)14-11(2)4-3-5-12(11)6-8-13-9-7-12;1-9(11)3-2-4-10(9)5-7-12-8-6-10/h13H,3-9H2,1-2H3,(H,14,15);12H,2-8,11H2,1H3. The minimum atomic E-state index is 0.0426. The highest BCUT2D eigenvalue weighted by atomic mass is 16.1. The molecule has 2 unspecified atom stereocenters. The van der Waals surface area contributed by atoms with Gasteiger partial charge in [0.15, 0.2) is 0 Å². The van der Waals surface area contributed by atoms with Gasteiger partial charge in [-0.3, -0.25) is 4.79 Å². The molecule has 2 aliphatic carbocycles. The lowest BCUT2D eigenvalue weighted by molar-refractivity contribution is -0.122. The van der Waals surface area contributed by atoms with Crippen LogP contribution in [0.25, 0.3) is 0 Å². The first-order valence-corrected chi connectivity index (χ1v) is 11.2. The Morgan fingerprint density at radius 1 is 0.778 bits per heavy atom. The maximum atomic E-state index is 11.3. The van der Waals surface area contributed by atoms with Gasteiger partial charge in [0.2, 0.25) is 5.91 Å². The average Bonchev–Trinajstić information content (AvgIpc) is 3.06. The van der Waals surface area contributed by atoms with Crippen LogP contribution < -0.4 is 21.7 Å². The first kappa shape index (κ1) is 21.1. The first-order chi connectivity index (χ1) is 12.7. The van der Waals surface area contributed by atoms with Crippen LogP contribution in [0.3, 0.4) is 0 Å². The van der Waals surface area contributed by atoms with Crippen LogP contribution in [0.15, 0.2) is 0 Å². The van der Waals surface area contributed by atoms with Crippen LogP contribution >= 0.6 is 0 Å². The zero-order chi connectivity index (χ0) is 19.6. The van der Waals surface area contributed by atoms with E-state index in [4.69, 9.17) is 5.73 Å². The Balaban J connectivity index is 0.000000159. The molecular weight excluding hydrogens is 336 g/mol. The number of carbonyl (C=O) groups is 1. The summed E-state index contributed by atoms with van der Waals surface area (Å²) in [6.07, 6.45) is 12.6. The summed E-state index contributed by atoms with van der Waals surface area (Å²) in [4.78, 5) is 11.3. The molecule has 5 heteroatoms. The van der Waals surface area contributed by atoms with Gasteiger partial charge in [-0.25, -0.2) is 0 Å². The molecule has 0 aromatic carbocycles. The molecule has 2 saturated carbocycles. The van der Waals surface area contributed by atoms with Gasteiger partial charge < -0.3 is 21.7 Å². The molecule has 2 aliphatic heterocycles. The summed E-state index contributed by atoms with van der Waals surface area (Å²) in [5.74, 6) is 0.123. The lowest BCUT2D eigenvalue weighted by Crippen LogP contribution is -2.57. The van der Waals surface area contributed by atoms with Crippen molar-refractivity contribution in [3.8, 4) is 0 Å². The van der Waals surface area contributed by atoms with Crippen LogP contribution in [-0.2, 0) is 4.79 Å². The molecule has 0 radical (unpaired) electrons. The summed E-state index contributed by atoms with van der Waals surface area (Å²) in [5.41, 5.74) is 7.37. The SMILES string of the molecule is CC(=O)NC1(C)CCCC12CCNCC2.CC1(N)CCCC12CCNCC2. The van der Waals surface area contributed by atoms with E-state index in [2.05, 4.69) is 29.8 Å². The molecule has 4 aliphatic rings. The predicted molar refractivity (Wildman–Crippen MR) is 112 cm³/mol. The summed E-state index contributed by atoms with van der Waals surface area (Å²) < 4.78 is 0. The Hall–Kier alpha value is -0.650. The normalized spacial score (nSPS) is 37.0. The van der Waals surface area contributed by atoms with E-state index in [1.54, 1.807) is 6.92 Å². The molecule has 2 spiro atoms. The molecule has 0 aromatic rings. The predicted octanol–water partition coefficient (Wildman–Crippen LogP) is 2.69. The minimum Gasteiger partial charge on any atom is -0.351 e. The van der Waals surface area contributed by atoms with Gasteiger partial charge in [-0.2, -0.15) is 0 Å². The van der Waals surface area contributed by atoms with Crippen LogP contribution in [0.1, 0.15) is 85.0 Å². The van der Waals surface area contributed by atoms with Crippen molar-refractivity contribution < 1.29 is 4.79 Å². The highest BCUT2D eigenvalue weighted by Gasteiger charge is 2.52. The molecule has 27 heavy (non-hydrogen) atoms. The number of hydrogen-bond acceptors (Lipinski definition) is 4. The Kier molecular flexibility index (Phi) is 6.24. The van der Waals surface area contributed by atoms with Crippen molar-refractivity contribution in [3.05, 3.63) is 0 Å². The Morgan fingerprint density at radius 2 is 1.26 bits per heavy atom. The van der Waals surface area contributed by atoms with E-state index in [1.807, 2.05) is 0 Å². The van der Waals surface area contributed by atoms with Gasteiger partial charge in [0.25, 0.3) is 0 Å². The number of piperidine rings is 2. The number of hydrogen-bond donors (Lipinski definition) is 4. The van der Waals surface area contributed by atoms with E-state index in [-0.39, 0.29) is 17.0 Å². The minimum absolute atomic E-state index is 0.0426. The fourth-order valence-electron chi connectivity index (χ4n) is 6.68. The van der Waals surface area contributed by atoms with Crippen LogP contribution in [-0.4, -0.2) is 43.2 Å². The van der Waals surface area contributed by atoms with Gasteiger partial charge in [-0.1, -0.05) is 12.8 Å². The number of amides is 1. The largest absolute Gasteiger partial charge is 0.351 e. The van der Waals surface area contributed by atoms with Crippen molar-refractivity contribution in [2.75, 3.05) is 26.2 Å². The maximum Gasteiger partial charge on any atom is 0.217 e. The molecule has 1 amide bonds. The Bertz CT molecular complexity index is 520. The lowest BCUT2D eigenvalue weighted by atomic mass is 9.67. The summed E-state index contributed by atoms with van der Waals surface area (Å²) >= 11 is 0. The molecule has 4 rings (SSSR count). The van der Waals surface area contributed by atoms with Crippen LogP contribution in [0.5, 0.6) is 0 Å². The molecule has 0 bridgehead atoms. The highest BCUT2D eigenvalue weighted by Crippen LogP contribution is 2.52. The summed E-state index contributed by atoms with van der Waals surface area (Å²) in [5, 5.41) is 10.0. The van der Waals surface area contributed by atoms with Crippen molar-refractivity contribution in [2.45, 2.75) is 96.1 Å². The van der Waals surface area contributed by atoms with Gasteiger partial charge >= 0.3 is 0 Å². The number of nitrogens with two attached hydrogens (primary N) is 1. The number of rotatable bonds is 1. The number of nitrogens with one attached hydrogen (secondary N) is 3. The lowest BCUT2D eigenvalue weighted by Gasteiger charge is -2.47. The van der Waals surface area contributed by atoms with E-state index in [0.29, 0.717) is 10.8 Å². The van der Waals surface area contributed by atoms with Crippen molar-refractivity contribution >= 4 is 5.91 Å². The van der Waals surface area contributed by atoms with E-state index in [9.17, 15) is 4.79 Å². The fourth-order valence-corrected chi connectivity index (χ4v) is 6.68. The van der Waals surface area contributed by atoms with Crippen molar-refractivity contribution in [2.24, 2.45) is 16.6 Å². The molecule has 2 saturated heterocycles. The second-order valence-corrected chi connectivity index (χ2v) is 10.2. The maximum absolute atomic E-state index is 11.3. The average molecular weight is 379 g/mol. The molecule has 0 aromatic heterocycles. The van der Waals surface area contributed by atoms with Crippen molar-refractivity contribution in [3.63, 3.8) is 0 Å². The van der Waals surface area contributed by atoms with E-state index in [1.165, 1.54) is 70.9 Å². The smallest absolute Gasteiger partial charge is 0.217 e. The molecule has 156 valence electrons. The summed E-state index contributed by atoms with van der Waals surface area (Å²) in [6, 6.07) is 0. The van der Waals surface area contributed by atoms with Gasteiger partial charge in [-0.15, -0.1) is 0 Å². The highest BCUT2D eigenvalue weighted by molar-refractivity contribution is 5.74. The summed E-state index contributed by atoms with van der Waals surface area (Å²) in [6.45, 7) is 10.7. The number of carbonyl (C=O) groups excluding carboxylic acids is 1. The van der Waals surface area contributed by atoms with E-state index in [0.717, 1.165) is 19.5 Å². The molecule has 4 fully saturated rings. The topological polar surface area (TPSA) is 79.2 Å². The Labute approximate surface area is 166 Å². The third-order valence-corrected chi connectivity index (χ3v) is 8.64. The van der Waals surface area contributed by atoms with Crippen molar-refractivity contribution in [1.82, 2.24) is 16.0 Å². The third-order valence-electron chi connectivity index (χ3n) is 8.64. The first-order valence-electron chi connectivity index (χ1n) is 11.2. The van der Waals surface area contributed by atoms with E-state index < -0.39 is 0 Å². The monoisotopic (exact) mass is 378 g/mol. The van der Waals surface area contributed by atoms with Crippen LogP contribution in [0.4, 0.5) is 0 Å². The zero-order valence-electron chi connectivity index (χ0n) is 17.9. The second kappa shape index (κ2) is 8.00. The van der Waals surface area contributed by atoms with Gasteiger partial charge in [-0.05, 0) is 102 Å². The van der Waals surface area contributed by atoms with Crippen LogP contribution in [0.2, 0.25) is 0 Å². The van der Waals surface area contributed by atoms with Gasteiger partial charge in [0, 0.05) is 18.0 Å². The quantitative estimate of drug-likeness (QED) is 0.566. The third kappa shape index (κ3) is 4.06. The molecule has 5 N–H and O–H groups in total. The van der Waals surface area contributed by atoms with Gasteiger partial charge in [0.1, 0.15) is 0 Å². The van der Waals surface area contributed by atoms with Crippen molar-refractivity contribution in [1.29, 1.82) is 0 Å². The van der Waals surface area contributed by atoms with Crippen LogP contribution in [0, 0.1) is 10.8 Å².